The lowest BCUT2D eigenvalue weighted by molar-refractivity contribution is 0.0344. The van der Waals surface area contributed by atoms with Gasteiger partial charge in [-0.3, -0.25) is 9.69 Å². The first-order chi connectivity index (χ1) is 10.1. The van der Waals surface area contributed by atoms with E-state index in [9.17, 15) is 4.79 Å². The molecule has 1 spiro atoms. The molecule has 21 heavy (non-hydrogen) atoms. The van der Waals surface area contributed by atoms with Gasteiger partial charge in [0.15, 0.2) is 5.76 Å². The van der Waals surface area contributed by atoms with Gasteiger partial charge in [-0.15, -0.1) is 6.58 Å². The highest BCUT2D eigenvalue weighted by Crippen LogP contribution is 2.37. The summed E-state index contributed by atoms with van der Waals surface area (Å²) in [6.45, 7) is 9.43. The molecule has 0 unspecified atom stereocenters. The minimum Gasteiger partial charge on any atom is -0.456 e. The summed E-state index contributed by atoms with van der Waals surface area (Å²) >= 11 is 0. The van der Waals surface area contributed by atoms with Gasteiger partial charge in [0.2, 0.25) is 0 Å². The quantitative estimate of drug-likeness (QED) is 0.803. The number of furan rings is 1. The van der Waals surface area contributed by atoms with Crippen molar-refractivity contribution in [2.75, 3.05) is 26.2 Å². The van der Waals surface area contributed by atoms with Gasteiger partial charge in [-0.1, -0.05) is 6.08 Å². The van der Waals surface area contributed by atoms with Crippen molar-refractivity contribution in [1.82, 2.24) is 9.80 Å². The Hall–Kier alpha value is -1.55. The number of carbonyl (C=O) groups excluding carboxylic acids is 1. The Morgan fingerprint density at radius 2 is 2.14 bits per heavy atom. The molecule has 0 aromatic carbocycles. The van der Waals surface area contributed by atoms with Crippen LogP contribution in [0.4, 0.5) is 0 Å². The van der Waals surface area contributed by atoms with Crippen molar-refractivity contribution in [3.63, 3.8) is 0 Å². The Bertz CT molecular complexity index is 537. The van der Waals surface area contributed by atoms with Gasteiger partial charge in [0.1, 0.15) is 5.76 Å². The van der Waals surface area contributed by atoms with E-state index >= 15 is 0 Å². The van der Waals surface area contributed by atoms with E-state index in [0.29, 0.717) is 5.76 Å². The molecule has 4 nitrogen and oxygen atoms in total. The maximum atomic E-state index is 12.6. The van der Waals surface area contributed by atoms with Crippen LogP contribution >= 0.6 is 0 Å². The lowest BCUT2D eigenvalue weighted by atomic mass is 9.86. The summed E-state index contributed by atoms with van der Waals surface area (Å²) in [5.74, 6) is 1.30. The summed E-state index contributed by atoms with van der Waals surface area (Å²) in [4.78, 5) is 17.1. The molecule has 3 heterocycles. The van der Waals surface area contributed by atoms with Crippen molar-refractivity contribution >= 4 is 5.91 Å². The maximum Gasteiger partial charge on any atom is 0.289 e. The Labute approximate surface area is 126 Å². The summed E-state index contributed by atoms with van der Waals surface area (Å²) in [6.07, 6.45) is 6.63. The third kappa shape index (κ3) is 2.64. The fourth-order valence-electron chi connectivity index (χ4n) is 3.89. The molecule has 0 aliphatic carbocycles. The van der Waals surface area contributed by atoms with E-state index in [1.807, 2.05) is 24.0 Å². The van der Waals surface area contributed by atoms with Crippen LogP contribution in [-0.2, 0) is 0 Å². The van der Waals surface area contributed by atoms with Crippen LogP contribution in [0.1, 0.15) is 42.0 Å². The van der Waals surface area contributed by atoms with Gasteiger partial charge in [0.25, 0.3) is 5.91 Å². The Morgan fingerprint density at radius 1 is 1.38 bits per heavy atom. The van der Waals surface area contributed by atoms with Gasteiger partial charge in [0, 0.05) is 25.2 Å². The molecule has 0 radical (unpaired) electrons. The van der Waals surface area contributed by atoms with E-state index in [1.54, 1.807) is 6.07 Å². The fraction of sp³-hybridized carbons (Fsp3) is 0.588. The summed E-state index contributed by atoms with van der Waals surface area (Å²) in [5, 5.41) is 0. The second-order valence-electron chi connectivity index (χ2n) is 6.30. The highest BCUT2D eigenvalue weighted by Gasteiger charge is 2.44. The first-order valence-corrected chi connectivity index (χ1v) is 7.86. The Kier molecular flexibility index (Phi) is 3.89. The zero-order valence-corrected chi connectivity index (χ0v) is 12.8. The SMILES string of the molecule is C=CCN1CCC[C@@]12CCCN(C(=O)c1ccc(C)o1)C2. The first kappa shape index (κ1) is 14.4. The van der Waals surface area contributed by atoms with Crippen molar-refractivity contribution in [2.45, 2.75) is 38.1 Å². The Morgan fingerprint density at radius 3 is 2.81 bits per heavy atom. The zero-order valence-electron chi connectivity index (χ0n) is 12.8. The van der Waals surface area contributed by atoms with Crippen molar-refractivity contribution in [2.24, 2.45) is 0 Å². The van der Waals surface area contributed by atoms with E-state index in [1.165, 1.54) is 19.3 Å². The van der Waals surface area contributed by atoms with Crippen molar-refractivity contribution in [3.8, 4) is 0 Å². The van der Waals surface area contributed by atoms with Gasteiger partial charge in [-0.2, -0.15) is 0 Å². The summed E-state index contributed by atoms with van der Waals surface area (Å²) in [6, 6.07) is 3.64. The van der Waals surface area contributed by atoms with Crippen LogP contribution in [0.25, 0.3) is 0 Å². The van der Waals surface area contributed by atoms with Crippen LogP contribution in [0.3, 0.4) is 0 Å². The molecule has 1 aromatic heterocycles. The average molecular weight is 288 g/mol. The van der Waals surface area contributed by atoms with Crippen LogP contribution in [0.15, 0.2) is 29.2 Å². The molecule has 2 aliphatic heterocycles. The third-order valence-electron chi connectivity index (χ3n) is 4.88. The molecule has 1 amide bonds. The van der Waals surface area contributed by atoms with E-state index in [4.69, 9.17) is 4.42 Å². The highest BCUT2D eigenvalue weighted by molar-refractivity contribution is 5.91. The summed E-state index contributed by atoms with van der Waals surface area (Å²) < 4.78 is 5.50. The topological polar surface area (TPSA) is 36.7 Å². The lowest BCUT2D eigenvalue weighted by Crippen LogP contribution is -2.56. The van der Waals surface area contributed by atoms with Crippen molar-refractivity contribution < 1.29 is 9.21 Å². The van der Waals surface area contributed by atoms with Crippen LogP contribution in [0, 0.1) is 6.92 Å². The molecular weight excluding hydrogens is 264 g/mol. The maximum absolute atomic E-state index is 12.6. The van der Waals surface area contributed by atoms with Gasteiger partial charge < -0.3 is 9.32 Å². The van der Waals surface area contributed by atoms with Crippen LogP contribution in [-0.4, -0.2) is 47.4 Å². The minimum absolute atomic E-state index is 0.0348. The molecule has 0 saturated carbocycles. The molecule has 2 aliphatic rings. The van der Waals surface area contributed by atoms with E-state index in [-0.39, 0.29) is 11.4 Å². The number of likely N-dealkylation sites (tertiary alicyclic amines) is 2. The number of piperidine rings is 1. The van der Waals surface area contributed by atoms with Crippen LogP contribution in [0.2, 0.25) is 0 Å². The molecule has 2 fully saturated rings. The number of aryl methyl sites for hydroxylation is 1. The van der Waals surface area contributed by atoms with Gasteiger partial charge in [0.05, 0.1) is 0 Å². The van der Waals surface area contributed by atoms with Gasteiger partial charge in [-0.05, 0) is 51.3 Å². The first-order valence-electron chi connectivity index (χ1n) is 7.86. The number of hydrogen-bond acceptors (Lipinski definition) is 3. The van der Waals surface area contributed by atoms with E-state index in [2.05, 4.69) is 11.5 Å². The number of hydrogen-bond donors (Lipinski definition) is 0. The molecule has 0 N–H and O–H groups in total. The smallest absolute Gasteiger partial charge is 0.289 e. The minimum atomic E-state index is 0.0348. The van der Waals surface area contributed by atoms with E-state index in [0.717, 1.165) is 38.4 Å². The molecule has 1 atom stereocenters. The van der Waals surface area contributed by atoms with Gasteiger partial charge >= 0.3 is 0 Å². The molecule has 1 aromatic rings. The predicted molar refractivity (Wildman–Crippen MR) is 82.3 cm³/mol. The number of nitrogens with zero attached hydrogens (tertiary/aromatic N) is 2. The summed E-state index contributed by atoms with van der Waals surface area (Å²) in [7, 11) is 0. The molecule has 4 heteroatoms. The highest BCUT2D eigenvalue weighted by atomic mass is 16.3. The standard InChI is InChI=1S/C17H24N2O2/c1-3-10-19-12-5-9-17(19)8-4-11-18(13-17)16(20)15-7-6-14(2)21-15/h3,6-7H,1,4-5,8-13H2,2H3/t17-/m1/s1. The summed E-state index contributed by atoms with van der Waals surface area (Å²) in [5.41, 5.74) is 0.156. The largest absolute Gasteiger partial charge is 0.456 e. The van der Waals surface area contributed by atoms with Crippen LogP contribution < -0.4 is 0 Å². The zero-order chi connectivity index (χ0) is 14.9. The fourth-order valence-corrected chi connectivity index (χ4v) is 3.89. The molecule has 114 valence electrons. The normalized spacial score (nSPS) is 26.4. The molecule has 3 rings (SSSR count). The van der Waals surface area contributed by atoms with Crippen molar-refractivity contribution in [3.05, 3.63) is 36.3 Å². The molecule has 2 saturated heterocycles. The van der Waals surface area contributed by atoms with E-state index < -0.39 is 0 Å². The van der Waals surface area contributed by atoms with Gasteiger partial charge in [-0.25, -0.2) is 0 Å². The third-order valence-corrected chi connectivity index (χ3v) is 4.88. The number of rotatable bonds is 3. The Balaban J connectivity index is 1.76. The molecular formula is C17H24N2O2. The molecule has 0 bridgehead atoms. The predicted octanol–water partition coefficient (Wildman–Crippen LogP) is 2.84. The second kappa shape index (κ2) is 5.68. The van der Waals surface area contributed by atoms with Crippen LogP contribution in [0.5, 0.6) is 0 Å². The lowest BCUT2D eigenvalue weighted by Gasteiger charge is -2.45. The number of carbonyl (C=O) groups is 1. The van der Waals surface area contributed by atoms with Crippen molar-refractivity contribution in [1.29, 1.82) is 0 Å². The second-order valence-corrected chi connectivity index (χ2v) is 6.30. The number of amides is 1. The monoisotopic (exact) mass is 288 g/mol. The average Bonchev–Trinajstić information content (AvgIpc) is 3.07.